The maximum atomic E-state index is 11.4. The standard InChI is InChI=1S/C22H28O4/c1-16-6-5-7-21(14-16)26-18(3)12-13-25-20-10-8-19(9-11-20)17(2)15-22(23)24-4/h5-11,14,17-18H,12-13,15H2,1-4H3. The highest BCUT2D eigenvalue weighted by molar-refractivity contribution is 5.70. The average Bonchev–Trinajstić information content (AvgIpc) is 2.62. The third-order valence-corrected chi connectivity index (χ3v) is 4.27. The van der Waals surface area contributed by atoms with E-state index in [-0.39, 0.29) is 18.0 Å². The Labute approximate surface area is 156 Å². The molecule has 2 atom stereocenters. The number of aryl methyl sites for hydroxylation is 1. The van der Waals surface area contributed by atoms with E-state index in [1.54, 1.807) is 0 Å². The molecule has 140 valence electrons. The lowest BCUT2D eigenvalue weighted by Gasteiger charge is -2.16. The predicted octanol–water partition coefficient (Wildman–Crippen LogP) is 4.90. The Bertz CT molecular complexity index is 694. The number of ether oxygens (including phenoxy) is 3. The maximum absolute atomic E-state index is 11.4. The van der Waals surface area contributed by atoms with Gasteiger partial charge >= 0.3 is 5.97 Å². The van der Waals surface area contributed by atoms with E-state index in [9.17, 15) is 4.79 Å². The molecule has 0 aliphatic heterocycles. The van der Waals surface area contributed by atoms with E-state index < -0.39 is 0 Å². The smallest absolute Gasteiger partial charge is 0.306 e. The Hall–Kier alpha value is -2.49. The molecule has 0 fully saturated rings. The molecule has 0 aliphatic rings. The van der Waals surface area contributed by atoms with Gasteiger partial charge in [-0.05, 0) is 55.2 Å². The predicted molar refractivity (Wildman–Crippen MR) is 103 cm³/mol. The van der Waals surface area contributed by atoms with Crippen LogP contribution in [0.25, 0.3) is 0 Å². The van der Waals surface area contributed by atoms with Crippen molar-refractivity contribution >= 4 is 5.97 Å². The molecule has 0 aliphatic carbocycles. The molecule has 0 spiro atoms. The lowest BCUT2D eigenvalue weighted by Crippen LogP contribution is -2.15. The summed E-state index contributed by atoms with van der Waals surface area (Å²) < 4.78 is 16.4. The highest BCUT2D eigenvalue weighted by Crippen LogP contribution is 2.22. The summed E-state index contributed by atoms with van der Waals surface area (Å²) in [7, 11) is 1.41. The number of carbonyl (C=O) groups is 1. The minimum atomic E-state index is -0.194. The van der Waals surface area contributed by atoms with Crippen LogP contribution in [-0.4, -0.2) is 25.8 Å². The van der Waals surface area contributed by atoms with E-state index in [0.29, 0.717) is 13.0 Å². The summed E-state index contributed by atoms with van der Waals surface area (Å²) in [5.74, 6) is 1.64. The number of methoxy groups -OCH3 is 1. The second kappa shape index (κ2) is 9.85. The highest BCUT2D eigenvalue weighted by atomic mass is 16.5. The van der Waals surface area contributed by atoms with Crippen molar-refractivity contribution in [3.63, 3.8) is 0 Å². The monoisotopic (exact) mass is 356 g/mol. The van der Waals surface area contributed by atoms with E-state index in [4.69, 9.17) is 14.2 Å². The first-order valence-corrected chi connectivity index (χ1v) is 9.01. The van der Waals surface area contributed by atoms with Crippen LogP contribution in [-0.2, 0) is 9.53 Å². The van der Waals surface area contributed by atoms with Crippen molar-refractivity contribution < 1.29 is 19.0 Å². The van der Waals surface area contributed by atoms with Gasteiger partial charge in [-0.1, -0.05) is 31.2 Å². The van der Waals surface area contributed by atoms with Crippen molar-refractivity contribution in [2.24, 2.45) is 0 Å². The Morgan fingerprint density at radius 2 is 1.77 bits per heavy atom. The van der Waals surface area contributed by atoms with Crippen LogP contribution >= 0.6 is 0 Å². The molecular weight excluding hydrogens is 328 g/mol. The Morgan fingerprint density at radius 3 is 2.42 bits per heavy atom. The lowest BCUT2D eigenvalue weighted by molar-refractivity contribution is -0.140. The first-order chi connectivity index (χ1) is 12.5. The lowest BCUT2D eigenvalue weighted by atomic mass is 9.98. The van der Waals surface area contributed by atoms with Crippen molar-refractivity contribution in [1.82, 2.24) is 0 Å². The molecule has 0 radical (unpaired) electrons. The van der Waals surface area contributed by atoms with Crippen LogP contribution in [0.5, 0.6) is 11.5 Å². The minimum Gasteiger partial charge on any atom is -0.493 e. The van der Waals surface area contributed by atoms with Crippen molar-refractivity contribution in [2.75, 3.05) is 13.7 Å². The van der Waals surface area contributed by atoms with Gasteiger partial charge in [0.15, 0.2) is 0 Å². The van der Waals surface area contributed by atoms with E-state index in [1.807, 2.05) is 56.3 Å². The zero-order valence-electron chi connectivity index (χ0n) is 16.0. The van der Waals surface area contributed by atoms with Crippen LogP contribution in [0.4, 0.5) is 0 Å². The Balaban J connectivity index is 1.76. The summed E-state index contributed by atoms with van der Waals surface area (Å²) in [4.78, 5) is 11.4. The molecule has 0 N–H and O–H groups in total. The van der Waals surface area contributed by atoms with Gasteiger partial charge in [0.05, 0.1) is 26.2 Å². The molecule has 0 saturated heterocycles. The third-order valence-electron chi connectivity index (χ3n) is 4.27. The Kier molecular flexibility index (Phi) is 7.52. The molecule has 0 heterocycles. The first-order valence-electron chi connectivity index (χ1n) is 9.01. The van der Waals surface area contributed by atoms with E-state index >= 15 is 0 Å². The van der Waals surface area contributed by atoms with Gasteiger partial charge in [0.2, 0.25) is 0 Å². The zero-order chi connectivity index (χ0) is 18.9. The van der Waals surface area contributed by atoms with Crippen molar-refractivity contribution in [3.05, 3.63) is 59.7 Å². The number of carbonyl (C=O) groups excluding carboxylic acids is 1. The van der Waals surface area contributed by atoms with Crippen molar-refractivity contribution in [3.8, 4) is 11.5 Å². The molecule has 4 nitrogen and oxygen atoms in total. The molecular formula is C22H28O4. The summed E-state index contributed by atoms with van der Waals surface area (Å²) in [5, 5.41) is 0. The topological polar surface area (TPSA) is 44.8 Å². The summed E-state index contributed by atoms with van der Waals surface area (Å²) >= 11 is 0. The number of esters is 1. The molecule has 2 rings (SSSR count). The van der Waals surface area contributed by atoms with Gasteiger partial charge in [0.25, 0.3) is 0 Å². The van der Waals surface area contributed by atoms with Gasteiger partial charge in [-0.3, -0.25) is 4.79 Å². The fourth-order valence-corrected chi connectivity index (χ4v) is 2.67. The van der Waals surface area contributed by atoms with Crippen LogP contribution in [0.1, 0.15) is 43.7 Å². The fraction of sp³-hybridized carbons (Fsp3) is 0.409. The van der Waals surface area contributed by atoms with Gasteiger partial charge in [0, 0.05) is 6.42 Å². The first kappa shape index (κ1) is 19.8. The summed E-state index contributed by atoms with van der Waals surface area (Å²) in [6.07, 6.45) is 1.26. The Morgan fingerprint density at radius 1 is 1.04 bits per heavy atom. The fourth-order valence-electron chi connectivity index (χ4n) is 2.67. The summed E-state index contributed by atoms with van der Waals surface area (Å²) in [5.41, 5.74) is 2.28. The average molecular weight is 356 g/mol. The molecule has 0 saturated carbocycles. The quantitative estimate of drug-likeness (QED) is 0.600. The SMILES string of the molecule is COC(=O)CC(C)c1ccc(OCCC(C)Oc2cccc(C)c2)cc1. The van der Waals surface area contributed by atoms with Crippen LogP contribution in [0.3, 0.4) is 0 Å². The minimum absolute atomic E-state index is 0.0798. The highest BCUT2D eigenvalue weighted by Gasteiger charge is 2.11. The van der Waals surface area contributed by atoms with Crippen LogP contribution in [0, 0.1) is 6.92 Å². The normalized spacial score (nSPS) is 12.9. The molecule has 4 heteroatoms. The van der Waals surface area contributed by atoms with Crippen LogP contribution in [0.2, 0.25) is 0 Å². The van der Waals surface area contributed by atoms with Gasteiger partial charge in [0.1, 0.15) is 11.5 Å². The number of rotatable bonds is 9. The van der Waals surface area contributed by atoms with E-state index in [2.05, 4.69) is 13.0 Å². The molecule has 2 unspecified atom stereocenters. The van der Waals surface area contributed by atoms with Crippen LogP contribution < -0.4 is 9.47 Å². The largest absolute Gasteiger partial charge is 0.493 e. The van der Waals surface area contributed by atoms with Gasteiger partial charge < -0.3 is 14.2 Å². The van der Waals surface area contributed by atoms with Crippen LogP contribution in [0.15, 0.2) is 48.5 Å². The molecule has 0 bridgehead atoms. The second-order valence-corrected chi connectivity index (χ2v) is 6.63. The summed E-state index contributed by atoms with van der Waals surface area (Å²) in [6, 6.07) is 15.9. The van der Waals surface area contributed by atoms with Gasteiger partial charge in [-0.15, -0.1) is 0 Å². The third kappa shape index (κ3) is 6.43. The van der Waals surface area contributed by atoms with Gasteiger partial charge in [-0.2, -0.15) is 0 Å². The molecule has 2 aromatic carbocycles. The number of benzene rings is 2. The molecule has 26 heavy (non-hydrogen) atoms. The maximum Gasteiger partial charge on any atom is 0.306 e. The second-order valence-electron chi connectivity index (χ2n) is 6.63. The molecule has 0 aromatic heterocycles. The van der Waals surface area contributed by atoms with Crippen molar-refractivity contribution in [2.45, 2.75) is 45.6 Å². The van der Waals surface area contributed by atoms with Crippen molar-refractivity contribution in [1.29, 1.82) is 0 Å². The van der Waals surface area contributed by atoms with E-state index in [0.717, 1.165) is 23.5 Å². The van der Waals surface area contributed by atoms with E-state index in [1.165, 1.54) is 12.7 Å². The number of hydrogen-bond donors (Lipinski definition) is 0. The molecule has 2 aromatic rings. The van der Waals surface area contributed by atoms with Gasteiger partial charge in [-0.25, -0.2) is 0 Å². The zero-order valence-corrected chi connectivity index (χ0v) is 16.0. The number of hydrogen-bond acceptors (Lipinski definition) is 4. The summed E-state index contributed by atoms with van der Waals surface area (Å²) in [6.45, 7) is 6.70. The molecule has 0 amide bonds.